The molecule has 4 heteroatoms. The Kier molecular flexibility index (Phi) is 4.73. The van der Waals surface area contributed by atoms with Crippen molar-refractivity contribution in [3.8, 4) is 0 Å². The van der Waals surface area contributed by atoms with Crippen LogP contribution in [0.4, 0.5) is 0 Å². The molecule has 2 heterocycles. The van der Waals surface area contributed by atoms with E-state index in [2.05, 4.69) is 10.00 Å². The van der Waals surface area contributed by atoms with Crippen molar-refractivity contribution in [1.29, 1.82) is 0 Å². The average molecular weight is 277 g/mol. The zero-order valence-electron chi connectivity index (χ0n) is 12.3. The Balaban J connectivity index is 1.52. The maximum atomic E-state index is 10.3. The fraction of sp³-hybridized carbons (Fsp3) is 0.812. The zero-order chi connectivity index (χ0) is 13.8. The van der Waals surface area contributed by atoms with Crippen molar-refractivity contribution in [2.75, 3.05) is 13.1 Å². The fourth-order valence-electron chi connectivity index (χ4n) is 4.08. The Bertz CT molecular complexity index is 386. The van der Waals surface area contributed by atoms with E-state index < -0.39 is 0 Å². The standard InChI is InChI=1S/C16H27N3O/c20-15(13-19-11-5-9-17-19)12-18-10-4-8-16(18)14-6-2-1-3-7-14/h5,9,11,14-16,20H,1-4,6-8,10,12-13H2/t15-,16+/m0/s1. The third-order valence-corrected chi connectivity index (χ3v) is 5.01. The lowest BCUT2D eigenvalue weighted by Gasteiger charge is -2.35. The lowest BCUT2D eigenvalue weighted by molar-refractivity contribution is 0.0684. The van der Waals surface area contributed by atoms with Crippen molar-refractivity contribution in [1.82, 2.24) is 14.7 Å². The molecule has 0 bridgehead atoms. The van der Waals surface area contributed by atoms with E-state index in [-0.39, 0.29) is 6.10 Å². The summed E-state index contributed by atoms with van der Waals surface area (Å²) in [6, 6.07) is 2.63. The molecule has 2 aliphatic rings. The minimum Gasteiger partial charge on any atom is -0.390 e. The summed E-state index contributed by atoms with van der Waals surface area (Å²) in [6.07, 6.45) is 13.1. The van der Waals surface area contributed by atoms with Crippen LogP contribution in [-0.2, 0) is 6.54 Å². The summed E-state index contributed by atoms with van der Waals surface area (Å²) in [6.45, 7) is 2.58. The summed E-state index contributed by atoms with van der Waals surface area (Å²) in [5, 5.41) is 14.5. The molecule has 2 fully saturated rings. The fourth-order valence-corrected chi connectivity index (χ4v) is 4.08. The molecule has 1 saturated heterocycles. The van der Waals surface area contributed by atoms with Gasteiger partial charge in [-0.1, -0.05) is 19.3 Å². The predicted molar refractivity (Wildman–Crippen MR) is 79.4 cm³/mol. The van der Waals surface area contributed by atoms with Gasteiger partial charge in [0.1, 0.15) is 0 Å². The smallest absolute Gasteiger partial charge is 0.0862 e. The molecular formula is C16H27N3O. The molecule has 1 aliphatic carbocycles. The summed E-state index contributed by atoms with van der Waals surface area (Å²) in [5.74, 6) is 0.878. The van der Waals surface area contributed by atoms with E-state index in [1.165, 1.54) is 44.9 Å². The van der Waals surface area contributed by atoms with Gasteiger partial charge in [-0.05, 0) is 44.2 Å². The van der Waals surface area contributed by atoms with E-state index in [0.717, 1.165) is 25.0 Å². The molecule has 0 unspecified atom stereocenters. The van der Waals surface area contributed by atoms with Gasteiger partial charge >= 0.3 is 0 Å². The van der Waals surface area contributed by atoms with Gasteiger partial charge in [0.2, 0.25) is 0 Å². The first-order chi connectivity index (χ1) is 9.83. The maximum absolute atomic E-state index is 10.3. The molecule has 112 valence electrons. The SMILES string of the molecule is O[C@@H](CN1CCC[C@@H]1C1CCCCC1)Cn1cccn1. The van der Waals surface area contributed by atoms with Crippen LogP contribution < -0.4 is 0 Å². The Morgan fingerprint density at radius 2 is 1.95 bits per heavy atom. The topological polar surface area (TPSA) is 41.3 Å². The first kappa shape index (κ1) is 14.1. The minimum absolute atomic E-state index is 0.306. The second-order valence-electron chi connectivity index (χ2n) is 6.48. The highest BCUT2D eigenvalue weighted by atomic mass is 16.3. The largest absolute Gasteiger partial charge is 0.390 e. The Labute approximate surface area is 121 Å². The number of aliphatic hydroxyl groups is 1. The third-order valence-electron chi connectivity index (χ3n) is 5.01. The van der Waals surface area contributed by atoms with Crippen molar-refractivity contribution >= 4 is 0 Å². The van der Waals surface area contributed by atoms with Gasteiger partial charge in [0.05, 0.1) is 12.6 Å². The third kappa shape index (κ3) is 3.41. The highest BCUT2D eigenvalue weighted by Crippen LogP contribution is 2.34. The number of hydrogen-bond acceptors (Lipinski definition) is 3. The van der Waals surface area contributed by atoms with Gasteiger partial charge in [-0.15, -0.1) is 0 Å². The van der Waals surface area contributed by atoms with Gasteiger partial charge in [-0.3, -0.25) is 9.58 Å². The second-order valence-corrected chi connectivity index (χ2v) is 6.48. The summed E-state index contributed by atoms with van der Waals surface area (Å²) in [7, 11) is 0. The number of nitrogens with zero attached hydrogens (tertiary/aromatic N) is 3. The molecule has 0 spiro atoms. The summed E-state index contributed by atoms with van der Waals surface area (Å²) < 4.78 is 1.83. The van der Waals surface area contributed by atoms with Gasteiger partial charge in [-0.2, -0.15) is 5.10 Å². The van der Waals surface area contributed by atoms with Gasteiger partial charge in [0.15, 0.2) is 0 Å². The first-order valence-corrected chi connectivity index (χ1v) is 8.22. The first-order valence-electron chi connectivity index (χ1n) is 8.22. The van der Waals surface area contributed by atoms with Crippen LogP contribution in [0.3, 0.4) is 0 Å². The van der Waals surface area contributed by atoms with Crippen LogP contribution in [0.5, 0.6) is 0 Å². The highest BCUT2D eigenvalue weighted by molar-refractivity contribution is 4.88. The van der Waals surface area contributed by atoms with E-state index in [9.17, 15) is 5.11 Å². The van der Waals surface area contributed by atoms with Crippen LogP contribution >= 0.6 is 0 Å². The molecule has 1 aromatic rings. The lowest BCUT2D eigenvalue weighted by atomic mass is 9.83. The monoisotopic (exact) mass is 277 g/mol. The zero-order valence-corrected chi connectivity index (χ0v) is 12.3. The predicted octanol–water partition coefficient (Wildman–Crippen LogP) is 2.29. The van der Waals surface area contributed by atoms with Crippen LogP contribution in [0.15, 0.2) is 18.5 Å². The number of likely N-dealkylation sites (tertiary alicyclic amines) is 1. The van der Waals surface area contributed by atoms with Crippen molar-refractivity contribution in [3.05, 3.63) is 18.5 Å². The quantitative estimate of drug-likeness (QED) is 0.898. The Hall–Kier alpha value is -0.870. The van der Waals surface area contributed by atoms with Crippen molar-refractivity contribution < 1.29 is 5.11 Å². The number of aromatic nitrogens is 2. The molecule has 2 atom stereocenters. The van der Waals surface area contributed by atoms with Crippen LogP contribution in [0.25, 0.3) is 0 Å². The Morgan fingerprint density at radius 1 is 1.10 bits per heavy atom. The molecule has 1 saturated carbocycles. The van der Waals surface area contributed by atoms with Gasteiger partial charge in [-0.25, -0.2) is 0 Å². The molecule has 1 N–H and O–H groups in total. The van der Waals surface area contributed by atoms with E-state index in [0.29, 0.717) is 6.54 Å². The van der Waals surface area contributed by atoms with Crippen LogP contribution in [0, 0.1) is 5.92 Å². The van der Waals surface area contributed by atoms with Crippen LogP contribution in [-0.4, -0.2) is 45.0 Å². The molecule has 0 amide bonds. The molecular weight excluding hydrogens is 250 g/mol. The lowest BCUT2D eigenvalue weighted by Crippen LogP contribution is -2.42. The molecule has 3 rings (SSSR count). The van der Waals surface area contributed by atoms with Crippen LogP contribution in [0.2, 0.25) is 0 Å². The summed E-state index contributed by atoms with van der Waals surface area (Å²) in [4.78, 5) is 2.55. The van der Waals surface area contributed by atoms with E-state index in [1.54, 1.807) is 6.20 Å². The van der Waals surface area contributed by atoms with Crippen molar-refractivity contribution in [3.63, 3.8) is 0 Å². The number of rotatable bonds is 5. The van der Waals surface area contributed by atoms with Gasteiger partial charge in [0.25, 0.3) is 0 Å². The molecule has 1 aromatic heterocycles. The average Bonchev–Trinajstić information content (AvgIpc) is 3.11. The van der Waals surface area contributed by atoms with Crippen molar-refractivity contribution in [2.24, 2.45) is 5.92 Å². The van der Waals surface area contributed by atoms with E-state index in [1.807, 2.05) is 16.9 Å². The van der Waals surface area contributed by atoms with Crippen molar-refractivity contribution in [2.45, 2.75) is 63.6 Å². The number of β-amino-alcohol motifs (C(OH)–C–C–N with tert-alkyl or cyclic N) is 1. The summed E-state index contributed by atoms with van der Waals surface area (Å²) >= 11 is 0. The van der Waals surface area contributed by atoms with E-state index in [4.69, 9.17) is 0 Å². The Morgan fingerprint density at radius 3 is 2.70 bits per heavy atom. The molecule has 0 aromatic carbocycles. The van der Waals surface area contributed by atoms with E-state index >= 15 is 0 Å². The second kappa shape index (κ2) is 6.72. The molecule has 1 aliphatic heterocycles. The summed E-state index contributed by atoms with van der Waals surface area (Å²) in [5.41, 5.74) is 0. The molecule has 20 heavy (non-hydrogen) atoms. The molecule has 0 radical (unpaired) electrons. The maximum Gasteiger partial charge on any atom is 0.0862 e. The molecule has 4 nitrogen and oxygen atoms in total. The van der Waals surface area contributed by atoms with Gasteiger partial charge in [0, 0.05) is 25.0 Å². The number of hydrogen-bond donors (Lipinski definition) is 1. The van der Waals surface area contributed by atoms with Gasteiger partial charge < -0.3 is 5.11 Å². The minimum atomic E-state index is -0.306. The number of aliphatic hydroxyl groups excluding tert-OH is 1. The normalized spacial score (nSPS) is 26.9. The van der Waals surface area contributed by atoms with Crippen LogP contribution in [0.1, 0.15) is 44.9 Å². The highest BCUT2D eigenvalue weighted by Gasteiger charge is 2.33.